The number of rotatable bonds is 1. The Labute approximate surface area is 93.7 Å². The predicted molar refractivity (Wildman–Crippen MR) is 62.0 cm³/mol. The standard InChI is InChI=1S/C10H16N4S/c11-9-12-10(15-13-9)14-6-5-7-3-1-2-4-8(7)14/h7-8H,1-6H2,(H2,11,13). The Morgan fingerprint density at radius 2 is 2.13 bits per heavy atom. The average Bonchev–Trinajstić information content (AvgIpc) is 2.83. The molecule has 2 unspecified atom stereocenters. The first-order valence-electron chi connectivity index (χ1n) is 5.70. The van der Waals surface area contributed by atoms with Crippen LogP contribution in [0, 0.1) is 5.92 Å². The van der Waals surface area contributed by atoms with E-state index in [-0.39, 0.29) is 0 Å². The van der Waals surface area contributed by atoms with Crippen LogP contribution in [-0.2, 0) is 0 Å². The van der Waals surface area contributed by atoms with Gasteiger partial charge in [0.25, 0.3) is 0 Å². The molecule has 1 saturated heterocycles. The van der Waals surface area contributed by atoms with Crippen LogP contribution in [0.2, 0.25) is 0 Å². The molecule has 2 atom stereocenters. The van der Waals surface area contributed by atoms with Crippen LogP contribution in [0.1, 0.15) is 32.1 Å². The van der Waals surface area contributed by atoms with Gasteiger partial charge < -0.3 is 10.6 Å². The maximum absolute atomic E-state index is 5.58. The van der Waals surface area contributed by atoms with E-state index in [0.29, 0.717) is 12.0 Å². The summed E-state index contributed by atoms with van der Waals surface area (Å²) < 4.78 is 4.07. The molecule has 15 heavy (non-hydrogen) atoms. The molecule has 0 amide bonds. The van der Waals surface area contributed by atoms with Crippen LogP contribution < -0.4 is 10.6 Å². The lowest BCUT2D eigenvalue weighted by Gasteiger charge is -2.31. The number of hydrogen-bond donors (Lipinski definition) is 1. The van der Waals surface area contributed by atoms with E-state index >= 15 is 0 Å². The summed E-state index contributed by atoms with van der Waals surface area (Å²) in [6.45, 7) is 1.14. The molecule has 2 aliphatic rings. The zero-order chi connectivity index (χ0) is 10.3. The van der Waals surface area contributed by atoms with Gasteiger partial charge in [0.1, 0.15) is 0 Å². The quantitative estimate of drug-likeness (QED) is 0.791. The zero-order valence-corrected chi connectivity index (χ0v) is 9.54. The van der Waals surface area contributed by atoms with Crippen LogP contribution in [0.15, 0.2) is 0 Å². The van der Waals surface area contributed by atoms with Crippen molar-refractivity contribution in [2.45, 2.75) is 38.1 Å². The lowest BCUT2D eigenvalue weighted by atomic mass is 9.85. The van der Waals surface area contributed by atoms with Crippen molar-refractivity contribution >= 4 is 22.6 Å². The second kappa shape index (κ2) is 3.63. The Morgan fingerprint density at radius 3 is 2.93 bits per heavy atom. The fourth-order valence-electron chi connectivity index (χ4n) is 2.99. The molecule has 0 bridgehead atoms. The van der Waals surface area contributed by atoms with Crippen molar-refractivity contribution in [3.8, 4) is 0 Å². The molecular weight excluding hydrogens is 208 g/mol. The van der Waals surface area contributed by atoms with E-state index in [1.807, 2.05) is 0 Å². The Morgan fingerprint density at radius 1 is 1.27 bits per heavy atom. The van der Waals surface area contributed by atoms with E-state index in [2.05, 4.69) is 14.3 Å². The summed E-state index contributed by atoms with van der Waals surface area (Å²) in [5.41, 5.74) is 5.58. The maximum Gasteiger partial charge on any atom is 0.233 e. The minimum absolute atomic E-state index is 0.425. The fourth-order valence-corrected chi connectivity index (χ4v) is 3.67. The minimum atomic E-state index is 0.425. The predicted octanol–water partition coefficient (Wildman–Crippen LogP) is 1.89. The Bertz CT molecular complexity index is 351. The van der Waals surface area contributed by atoms with Gasteiger partial charge in [-0.2, -0.15) is 9.36 Å². The monoisotopic (exact) mass is 224 g/mol. The van der Waals surface area contributed by atoms with Crippen molar-refractivity contribution in [2.24, 2.45) is 5.92 Å². The Kier molecular flexibility index (Phi) is 2.27. The van der Waals surface area contributed by atoms with Gasteiger partial charge in [0, 0.05) is 24.1 Å². The number of anilines is 2. The molecule has 1 aliphatic heterocycles. The molecule has 1 aromatic heterocycles. The fraction of sp³-hybridized carbons (Fsp3) is 0.800. The highest BCUT2D eigenvalue weighted by molar-refractivity contribution is 7.09. The van der Waals surface area contributed by atoms with Gasteiger partial charge in [0.05, 0.1) is 0 Å². The molecular formula is C10H16N4S. The van der Waals surface area contributed by atoms with E-state index in [4.69, 9.17) is 5.73 Å². The zero-order valence-electron chi connectivity index (χ0n) is 8.72. The van der Waals surface area contributed by atoms with Crippen LogP contribution in [0.25, 0.3) is 0 Å². The molecule has 3 rings (SSSR count). The van der Waals surface area contributed by atoms with Crippen LogP contribution in [-0.4, -0.2) is 21.9 Å². The molecule has 2 heterocycles. The van der Waals surface area contributed by atoms with Gasteiger partial charge in [0.15, 0.2) is 0 Å². The van der Waals surface area contributed by atoms with Crippen molar-refractivity contribution in [2.75, 3.05) is 17.2 Å². The molecule has 2 N–H and O–H groups in total. The van der Waals surface area contributed by atoms with Gasteiger partial charge in [-0.15, -0.1) is 0 Å². The summed E-state index contributed by atoms with van der Waals surface area (Å²) in [7, 11) is 0. The van der Waals surface area contributed by atoms with Gasteiger partial charge in [-0.05, 0) is 25.2 Å². The highest BCUT2D eigenvalue weighted by atomic mass is 32.1. The number of nitrogen functional groups attached to an aromatic ring is 1. The van der Waals surface area contributed by atoms with E-state index in [9.17, 15) is 0 Å². The number of fused-ring (bicyclic) bond motifs is 1. The normalized spacial score (nSPS) is 30.5. The maximum atomic E-state index is 5.58. The molecule has 1 saturated carbocycles. The molecule has 0 spiro atoms. The lowest BCUT2D eigenvalue weighted by molar-refractivity contribution is 0.342. The number of nitrogens with two attached hydrogens (primary N) is 1. The topological polar surface area (TPSA) is 55.0 Å². The third-order valence-electron chi connectivity index (χ3n) is 3.69. The van der Waals surface area contributed by atoms with E-state index in [0.717, 1.165) is 17.6 Å². The minimum Gasteiger partial charge on any atom is -0.367 e. The van der Waals surface area contributed by atoms with Crippen LogP contribution in [0.5, 0.6) is 0 Å². The van der Waals surface area contributed by atoms with E-state index in [1.54, 1.807) is 0 Å². The summed E-state index contributed by atoms with van der Waals surface area (Å²) >= 11 is 1.44. The van der Waals surface area contributed by atoms with Crippen molar-refractivity contribution in [1.82, 2.24) is 9.36 Å². The number of nitrogens with zero attached hydrogens (tertiary/aromatic N) is 3. The molecule has 2 fully saturated rings. The lowest BCUT2D eigenvalue weighted by Crippen LogP contribution is -2.34. The second-order valence-electron chi connectivity index (χ2n) is 4.53. The van der Waals surface area contributed by atoms with Crippen LogP contribution in [0.3, 0.4) is 0 Å². The molecule has 5 heteroatoms. The smallest absolute Gasteiger partial charge is 0.233 e. The first-order valence-corrected chi connectivity index (χ1v) is 6.48. The average molecular weight is 224 g/mol. The van der Waals surface area contributed by atoms with E-state index < -0.39 is 0 Å². The van der Waals surface area contributed by atoms with Gasteiger partial charge in [-0.25, -0.2) is 0 Å². The highest BCUT2D eigenvalue weighted by Crippen LogP contribution is 2.39. The molecule has 1 aliphatic carbocycles. The summed E-state index contributed by atoms with van der Waals surface area (Å²) in [5.74, 6) is 1.32. The second-order valence-corrected chi connectivity index (χ2v) is 5.26. The first kappa shape index (κ1) is 9.39. The summed E-state index contributed by atoms with van der Waals surface area (Å²) in [6, 6.07) is 0.714. The Hall–Kier alpha value is -0.840. The largest absolute Gasteiger partial charge is 0.367 e. The highest BCUT2D eigenvalue weighted by Gasteiger charge is 2.36. The van der Waals surface area contributed by atoms with Gasteiger partial charge in [0.2, 0.25) is 11.1 Å². The molecule has 82 valence electrons. The SMILES string of the molecule is Nc1nsc(N2CCC3CCCCC32)n1. The number of aromatic nitrogens is 2. The van der Waals surface area contributed by atoms with Crippen molar-refractivity contribution in [3.05, 3.63) is 0 Å². The summed E-state index contributed by atoms with van der Waals surface area (Å²) in [5, 5.41) is 1.03. The van der Waals surface area contributed by atoms with Crippen LogP contribution >= 0.6 is 11.5 Å². The Balaban J connectivity index is 1.82. The van der Waals surface area contributed by atoms with Crippen molar-refractivity contribution in [3.63, 3.8) is 0 Å². The van der Waals surface area contributed by atoms with Crippen LogP contribution in [0.4, 0.5) is 11.1 Å². The summed E-state index contributed by atoms with van der Waals surface area (Å²) in [6.07, 6.45) is 6.82. The molecule has 0 radical (unpaired) electrons. The van der Waals surface area contributed by atoms with Crippen molar-refractivity contribution in [1.29, 1.82) is 0 Å². The first-order chi connectivity index (χ1) is 7.34. The molecule has 4 nitrogen and oxygen atoms in total. The molecule has 1 aromatic rings. The van der Waals surface area contributed by atoms with Gasteiger partial charge in [-0.1, -0.05) is 12.8 Å². The van der Waals surface area contributed by atoms with Gasteiger partial charge in [-0.3, -0.25) is 0 Å². The van der Waals surface area contributed by atoms with Crippen molar-refractivity contribution < 1.29 is 0 Å². The summed E-state index contributed by atoms with van der Waals surface area (Å²) in [4.78, 5) is 6.72. The number of hydrogen-bond acceptors (Lipinski definition) is 5. The third kappa shape index (κ3) is 1.58. The third-order valence-corrected chi connectivity index (χ3v) is 4.45. The van der Waals surface area contributed by atoms with E-state index in [1.165, 1.54) is 43.6 Å². The molecule has 0 aromatic carbocycles. The van der Waals surface area contributed by atoms with Gasteiger partial charge >= 0.3 is 0 Å².